The molecule has 25 heavy (non-hydrogen) atoms. The van der Waals surface area contributed by atoms with Gasteiger partial charge in [-0.2, -0.15) is 0 Å². The van der Waals surface area contributed by atoms with Gasteiger partial charge in [-0.15, -0.1) is 0 Å². The van der Waals surface area contributed by atoms with Crippen molar-refractivity contribution in [3.63, 3.8) is 0 Å². The van der Waals surface area contributed by atoms with Crippen LogP contribution < -0.4 is 0 Å². The molecule has 6 nitrogen and oxygen atoms in total. The molecule has 0 fully saturated rings. The van der Waals surface area contributed by atoms with Crippen molar-refractivity contribution in [1.82, 2.24) is 0 Å². The molecule has 0 aromatic carbocycles. The Balaban J connectivity index is 2.94. The first-order chi connectivity index (χ1) is 12.4. The van der Waals surface area contributed by atoms with Gasteiger partial charge in [-0.25, -0.2) is 0 Å². The molecule has 0 unspecified atom stereocenters. The SMILES string of the molecule is CCCCCOCCOCCOCCOCCOCCOCCCC. The molecule has 0 radical (unpaired) electrons. The molecule has 0 aromatic rings. The zero-order valence-electron chi connectivity index (χ0n) is 16.5. The zero-order valence-corrected chi connectivity index (χ0v) is 16.5. The molecule has 0 heterocycles. The minimum Gasteiger partial charge on any atom is -0.379 e. The summed E-state index contributed by atoms with van der Waals surface area (Å²) in [4.78, 5) is 0. The molecule has 0 aliphatic rings. The molecule has 0 atom stereocenters. The third-order valence-corrected chi connectivity index (χ3v) is 3.39. The summed E-state index contributed by atoms with van der Waals surface area (Å²) >= 11 is 0. The van der Waals surface area contributed by atoms with Gasteiger partial charge in [0.2, 0.25) is 0 Å². The predicted molar refractivity (Wildman–Crippen MR) is 99.3 cm³/mol. The molecule has 0 bridgehead atoms. The van der Waals surface area contributed by atoms with E-state index in [4.69, 9.17) is 28.4 Å². The highest BCUT2D eigenvalue weighted by Crippen LogP contribution is 1.94. The molecule has 0 rings (SSSR count). The lowest BCUT2D eigenvalue weighted by molar-refractivity contribution is -0.0169. The van der Waals surface area contributed by atoms with Gasteiger partial charge in [-0.1, -0.05) is 33.1 Å². The standard InChI is InChI=1S/C19H40O6/c1-3-5-7-9-21-11-13-23-15-17-25-19-18-24-16-14-22-12-10-20-8-6-4-2/h3-19H2,1-2H3. The highest BCUT2D eigenvalue weighted by Gasteiger charge is 1.94. The van der Waals surface area contributed by atoms with Gasteiger partial charge in [0.15, 0.2) is 0 Å². The highest BCUT2D eigenvalue weighted by atomic mass is 16.6. The zero-order chi connectivity index (χ0) is 18.3. The van der Waals surface area contributed by atoms with Crippen LogP contribution >= 0.6 is 0 Å². The van der Waals surface area contributed by atoms with Crippen molar-refractivity contribution in [2.75, 3.05) is 79.3 Å². The second-order valence-electron chi connectivity index (χ2n) is 5.73. The Morgan fingerprint density at radius 1 is 0.320 bits per heavy atom. The average molecular weight is 365 g/mol. The summed E-state index contributed by atoms with van der Waals surface area (Å²) < 4.78 is 32.5. The van der Waals surface area contributed by atoms with E-state index in [1.54, 1.807) is 0 Å². The number of hydrogen-bond acceptors (Lipinski definition) is 6. The van der Waals surface area contributed by atoms with Gasteiger partial charge in [0.25, 0.3) is 0 Å². The van der Waals surface area contributed by atoms with Crippen molar-refractivity contribution >= 4 is 0 Å². The fourth-order valence-electron chi connectivity index (χ4n) is 1.90. The second kappa shape index (κ2) is 23.8. The summed E-state index contributed by atoms with van der Waals surface area (Å²) in [5.41, 5.74) is 0. The Morgan fingerprint density at radius 2 is 0.600 bits per heavy atom. The van der Waals surface area contributed by atoms with E-state index >= 15 is 0 Å². The van der Waals surface area contributed by atoms with E-state index < -0.39 is 0 Å². The van der Waals surface area contributed by atoms with Crippen LogP contribution in [0.2, 0.25) is 0 Å². The molecule has 0 aliphatic heterocycles. The quantitative estimate of drug-likeness (QED) is 0.275. The van der Waals surface area contributed by atoms with Gasteiger partial charge in [-0.3, -0.25) is 0 Å². The van der Waals surface area contributed by atoms with Gasteiger partial charge in [0, 0.05) is 13.2 Å². The normalized spacial score (nSPS) is 11.3. The molecule has 0 amide bonds. The maximum absolute atomic E-state index is 5.45. The fourth-order valence-corrected chi connectivity index (χ4v) is 1.90. The van der Waals surface area contributed by atoms with E-state index in [2.05, 4.69) is 13.8 Å². The molecule has 0 saturated heterocycles. The lowest BCUT2D eigenvalue weighted by Crippen LogP contribution is -2.14. The van der Waals surface area contributed by atoms with Crippen LogP contribution in [0.3, 0.4) is 0 Å². The first-order valence-electron chi connectivity index (χ1n) is 9.88. The summed E-state index contributed by atoms with van der Waals surface area (Å²) in [5, 5.41) is 0. The smallest absolute Gasteiger partial charge is 0.0701 e. The van der Waals surface area contributed by atoms with Crippen LogP contribution in [-0.4, -0.2) is 79.3 Å². The average Bonchev–Trinajstić information content (AvgIpc) is 2.63. The van der Waals surface area contributed by atoms with Crippen molar-refractivity contribution < 1.29 is 28.4 Å². The summed E-state index contributed by atoms with van der Waals surface area (Å²) in [6.45, 7) is 12.1. The van der Waals surface area contributed by atoms with E-state index in [1.807, 2.05) is 0 Å². The van der Waals surface area contributed by atoms with Crippen LogP contribution in [0, 0.1) is 0 Å². The second-order valence-corrected chi connectivity index (χ2v) is 5.73. The van der Waals surface area contributed by atoms with Gasteiger partial charge < -0.3 is 28.4 Å². The van der Waals surface area contributed by atoms with Crippen LogP contribution in [0.4, 0.5) is 0 Å². The molecule has 0 aromatic heterocycles. The lowest BCUT2D eigenvalue weighted by Gasteiger charge is -2.08. The van der Waals surface area contributed by atoms with Gasteiger partial charge in [0.05, 0.1) is 66.1 Å². The number of ether oxygens (including phenoxy) is 6. The topological polar surface area (TPSA) is 55.4 Å². The Morgan fingerprint density at radius 3 is 0.920 bits per heavy atom. The maximum Gasteiger partial charge on any atom is 0.0701 e. The molecular weight excluding hydrogens is 324 g/mol. The number of hydrogen-bond donors (Lipinski definition) is 0. The first kappa shape index (κ1) is 24.8. The highest BCUT2D eigenvalue weighted by molar-refractivity contribution is 4.38. The molecule has 0 N–H and O–H groups in total. The van der Waals surface area contributed by atoms with E-state index in [-0.39, 0.29) is 0 Å². The van der Waals surface area contributed by atoms with Crippen LogP contribution in [0.25, 0.3) is 0 Å². The van der Waals surface area contributed by atoms with Gasteiger partial charge >= 0.3 is 0 Å². The first-order valence-corrected chi connectivity index (χ1v) is 9.88. The van der Waals surface area contributed by atoms with Gasteiger partial charge in [-0.05, 0) is 12.8 Å². The number of rotatable bonds is 22. The van der Waals surface area contributed by atoms with E-state index in [9.17, 15) is 0 Å². The van der Waals surface area contributed by atoms with Crippen molar-refractivity contribution in [3.8, 4) is 0 Å². The largest absolute Gasteiger partial charge is 0.379 e. The molecule has 0 saturated carbocycles. The third kappa shape index (κ3) is 23.8. The number of unbranched alkanes of at least 4 members (excludes halogenated alkanes) is 3. The Kier molecular flexibility index (Phi) is 23.5. The summed E-state index contributed by atoms with van der Waals surface area (Å²) in [5.74, 6) is 0. The maximum atomic E-state index is 5.45. The molecule has 0 aliphatic carbocycles. The Bertz CT molecular complexity index is 206. The third-order valence-electron chi connectivity index (χ3n) is 3.39. The molecule has 152 valence electrons. The van der Waals surface area contributed by atoms with Crippen LogP contribution in [0.15, 0.2) is 0 Å². The summed E-state index contributed by atoms with van der Waals surface area (Å²) in [6, 6.07) is 0. The van der Waals surface area contributed by atoms with Crippen molar-refractivity contribution in [2.45, 2.75) is 46.0 Å². The Labute approximate surface area is 154 Å². The van der Waals surface area contributed by atoms with Crippen LogP contribution in [0.1, 0.15) is 46.0 Å². The predicted octanol–water partition coefficient (Wildman–Crippen LogP) is 3.08. The minimum absolute atomic E-state index is 0.580. The van der Waals surface area contributed by atoms with Gasteiger partial charge in [0.1, 0.15) is 0 Å². The fraction of sp³-hybridized carbons (Fsp3) is 1.00. The monoisotopic (exact) mass is 364 g/mol. The lowest BCUT2D eigenvalue weighted by atomic mass is 10.3. The van der Waals surface area contributed by atoms with E-state index in [1.165, 1.54) is 12.8 Å². The summed E-state index contributed by atoms with van der Waals surface area (Å²) in [6.07, 6.45) is 5.87. The van der Waals surface area contributed by atoms with E-state index in [0.717, 1.165) is 32.5 Å². The van der Waals surface area contributed by atoms with E-state index in [0.29, 0.717) is 66.1 Å². The molecule has 6 heteroatoms. The van der Waals surface area contributed by atoms with Crippen molar-refractivity contribution in [3.05, 3.63) is 0 Å². The van der Waals surface area contributed by atoms with Crippen LogP contribution in [-0.2, 0) is 28.4 Å². The molecule has 0 spiro atoms. The Hall–Kier alpha value is -0.240. The van der Waals surface area contributed by atoms with Crippen LogP contribution in [0.5, 0.6) is 0 Å². The van der Waals surface area contributed by atoms with Crippen molar-refractivity contribution in [2.24, 2.45) is 0 Å². The summed E-state index contributed by atoms with van der Waals surface area (Å²) in [7, 11) is 0. The minimum atomic E-state index is 0.580. The van der Waals surface area contributed by atoms with Crippen molar-refractivity contribution in [1.29, 1.82) is 0 Å². The molecular formula is C19H40O6.